The van der Waals surface area contributed by atoms with Crippen molar-refractivity contribution in [1.29, 1.82) is 10.5 Å². The minimum atomic E-state index is -4.76. The van der Waals surface area contributed by atoms with Crippen molar-refractivity contribution < 1.29 is 74.6 Å². The summed E-state index contributed by atoms with van der Waals surface area (Å²) in [5.74, 6) is -3.57. The molecular weight excluding hydrogens is 955 g/mol. The minimum Gasteiger partial charge on any atom is -0.390 e. The van der Waals surface area contributed by atoms with Crippen molar-refractivity contribution >= 4 is 23.2 Å². The maximum atomic E-state index is 13.9. The second kappa shape index (κ2) is 17.3. The third-order valence-electron chi connectivity index (χ3n) is 16.0. The molecule has 20 heteroatoms. The van der Waals surface area contributed by atoms with Gasteiger partial charge in [-0.05, 0) is 47.5 Å². The molecule has 0 aliphatic carbocycles. The standard InChI is InChI=1S/2C26H23F3N2O5/c2*27-26(28,29)18-10-17(7-6-16(18)12-30)31-22(33)20-21-23(31)35-9-8-24(21)11-19(32)25(20,36-24)14-34-13-15-4-2-1-3-5-15/h2*1-7,10,19-21,23,32H,8-9,11,13-14H2/t2*19-,20-,21+,23+,24+,25-/m10/s1. The summed E-state index contributed by atoms with van der Waals surface area (Å²) in [6.45, 7) is 0.886. The van der Waals surface area contributed by atoms with E-state index in [9.17, 15) is 46.1 Å². The summed E-state index contributed by atoms with van der Waals surface area (Å²) >= 11 is 0. The molecule has 72 heavy (non-hydrogen) atoms. The van der Waals surface area contributed by atoms with Crippen LogP contribution < -0.4 is 9.80 Å². The van der Waals surface area contributed by atoms with E-state index in [-0.39, 0.29) is 51.0 Å². The molecule has 12 rings (SSSR count). The van der Waals surface area contributed by atoms with E-state index in [2.05, 4.69) is 0 Å². The van der Waals surface area contributed by atoms with Crippen LogP contribution in [0, 0.1) is 46.3 Å². The molecular formula is C52H46F6N4O10. The number of rotatable bonds is 10. The number of carbonyl (C=O) groups is 2. The highest BCUT2D eigenvalue weighted by molar-refractivity contribution is 6.01. The predicted octanol–water partition coefficient (Wildman–Crippen LogP) is 6.78. The Balaban J connectivity index is 0.000000156. The van der Waals surface area contributed by atoms with E-state index in [0.29, 0.717) is 25.7 Å². The van der Waals surface area contributed by atoms with Crippen LogP contribution in [0.4, 0.5) is 37.7 Å². The number of aliphatic hydroxyl groups is 2. The van der Waals surface area contributed by atoms with Gasteiger partial charge in [0.25, 0.3) is 0 Å². The summed E-state index contributed by atoms with van der Waals surface area (Å²) in [6, 6.07) is 28.4. The molecule has 0 aromatic heterocycles. The highest BCUT2D eigenvalue weighted by Crippen LogP contribution is 2.67. The Morgan fingerprint density at radius 3 is 1.36 bits per heavy atom. The van der Waals surface area contributed by atoms with Crippen molar-refractivity contribution in [1.82, 2.24) is 0 Å². The number of fused-ring (bicyclic) bond motifs is 4. The normalized spacial score (nSPS) is 34.6. The zero-order chi connectivity index (χ0) is 50.6. The first-order chi connectivity index (χ1) is 34.4. The lowest BCUT2D eigenvalue weighted by Gasteiger charge is -2.42. The van der Waals surface area contributed by atoms with E-state index in [4.69, 9.17) is 38.9 Å². The Morgan fingerprint density at radius 2 is 1.00 bits per heavy atom. The first-order valence-electron chi connectivity index (χ1n) is 23.5. The predicted molar refractivity (Wildman–Crippen MR) is 237 cm³/mol. The highest BCUT2D eigenvalue weighted by Gasteiger charge is 2.81. The van der Waals surface area contributed by atoms with Gasteiger partial charge >= 0.3 is 12.4 Å². The lowest BCUT2D eigenvalue weighted by Crippen LogP contribution is -2.55. The number of aliphatic hydroxyl groups excluding tert-OH is 2. The van der Waals surface area contributed by atoms with E-state index < -0.39 is 117 Å². The minimum absolute atomic E-state index is 0.00276. The molecule has 2 amide bonds. The molecule has 0 saturated carbocycles. The first kappa shape index (κ1) is 48.3. The SMILES string of the molecule is N#Cc1ccc(N2C(=O)[C@@H]3[C@@H]4[C@H]2OCC[C@@]42C[C@H](O)[C@]3(COCc3ccccc3)O2)cc1C(F)(F)F.N#Cc1ccc(N2C(=O)[C@H]3[C@H]4[C@@H]2OCC[C@]42C[C@@H](O)[C@@]3(COCc3ccccc3)O2)cc1C(F)(F)F. The van der Waals surface area contributed by atoms with Gasteiger partial charge in [-0.1, -0.05) is 60.7 Å². The van der Waals surface area contributed by atoms with Crippen LogP contribution in [0.1, 0.15) is 59.1 Å². The quantitative estimate of drug-likeness (QED) is 0.159. The highest BCUT2D eigenvalue weighted by atomic mass is 19.4. The van der Waals surface area contributed by atoms with Crippen molar-refractivity contribution in [3.05, 3.63) is 130 Å². The molecule has 8 aliphatic rings. The van der Waals surface area contributed by atoms with Gasteiger partial charge in [0.2, 0.25) is 11.8 Å². The molecule has 376 valence electrons. The Bertz CT molecular complexity index is 2690. The van der Waals surface area contributed by atoms with Gasteiger partial charge < -0.3 is 38.6 Å². The number of anilines is 2. The fourth-order valence-corrected chi connectivity index (χ4v) is 13.1. The monoisotopic (exact) mass is 1000 g/mol. The number of benzene rings is 4. The van der Waals surface area contributed by atoms with Crippen LogP contribution in [-0.2, 0) is 63.6 Å². The number of hydrogen-bond acceptors (Lipinski definition) is 12. The van der Waals surface area contributed by atoms with Crippen molar-refractivity contribution in [2.45, 2.75) is 98.3 Å². The molecule has 8 fully saturated rings. The van der Waals surface area contributed by atoms with Crippen molar-refractivity contribution in [2.24, 2.45) is 23.7 Å². The van der Waals surface area contributed by atoms with Crippen LogP contribution in [0.5, 0.6) is 0 Å². The molecule has 4 aromatic rings. The maximum absolute atomic E-state index is 13.9. The Kier molecular flexibility index (Phi) is 11.6. The number of nitrogens with zero attached hydrogens (tertiary/aromatic N) is 4. The van der Waals surface area contributed by atoms with E-state index in [1.54, 1.807) is 12.1 Å². The lowest BCUT2D eigenvalue weighted by molar-refractivity contribution is -0.162. The van der Waals surface area contributed by atoms with Crippen LogP contribution >= 0.6 is 0 Å². The topological polar surface area (TPSA) is 184 Å². The lowest BCUT2D eigenvalue weighted by atomic mass is 9.64. The van der Waals surface area contributed by atoms with E-state index in [1.165, 1.54) is 21.9 Å². The van der Waals surface area contributed by atoms with Crippen molar-refractivity contribution in [2.75, 3.05) is 36.2 Å². The van der Waals surface area contributed by atoms with E-state index in [1.807, 2.05) is 60.7 Å². The Morgan fingerprint density at radius 1 is 0.611 bits per heavy atom. The van der Waals surface area contributed by atoms with Gasteiger partial charge in [0.1, 0.15) is 23.7 Å². The molecule has 2 N–H and O–H groups in total. The van der Waals surface area contributed by atoms with Gasteiger partial charge in [-0.15, -0.1) is 0 Å². The fourth-order valence-electron chi connectivity index (χ4n) is 13.1. The molecule has 2 spiro atoms. The number of alkyl halides is 6. The smallest absolute Gasteiger partial charge is 0.390 e. The third kappa shape index (κ3) is 7.36. The zero-order valence-electron chi connectivity index (χ0n) is 38.1. The summed E-state index contributed by atoms with van der Waals surface area (Å²) in [4.78, 5) is 30.2. The van der Waals surface area contributed by atoms with E-state index >= 15 is 0 Å². The number of amides is 2. The van der Waals surface area contributed by atoms with Gasteiger partial charge in [0.05, 0.1) is 109 Å². The molecule has 8 heterocycles. The summed E-state index contributed by atoms with van der Waals surface area (Å²) in [6.07, 6.45) is -11.6. The second-order valence-corrected chi connectivity index (χ2v) is 19.8. The van der Waals surface area contributed by atoms with Gasteiger partial charge in [0.15, 0.2) is 0 Å². The van der Waals surface area contributed by atoms with Gasteiger partial charge in [-0.25, -0.2) is 0 Å². The molecule has 4 aromatic carbocycles. The number of carbonyl (C=O) groups excluding carboxylic acids is 2. The van der Waals surface area contributed by atoms with Gasteiger partial charge in [-0.3, -0.25) is 19.4 Å². The molecule has 14 nitrogen and oxygen atoms in total. The largest absolute Gasteiger partial charge is 0.417 e. The van der Waals surface area contributed by atoms with Crippen LogP contribution in [0.2, 0.25) is 0 Å². The zero-order valence-corrected chi connectivity index (χ0v) is 38.1. The molecule has 12 atom stereocenters. The summed E-state index contributed by atoms with van der Waals surface area (Å²) in [5.41, 5.74) is -5.74. The summed E-state index contributed by atoms with van der Waals surface area (Å²) in [5, 5.41) is 40.5. The molecule has 8 aliphatic heterocycles. The second-order valence-electron chi connectivity index (χ2n) is 19.8. The number of ether oxygens (including phenoxy) is 6. The third-order valence-corrected chi connectivity index (χ3v) is 16.0. The van der Waals surface area contributed by atoms with Gasteiger partial charge in [-0.2, -0.15) is 36.9 Å². The summed E-state index contributed by atoms with van der Waals surface area (Å²) in [7, 11) is 0. The van der Waals surface area contributed by atoms with Crippen molar-refractivity contribution in [3.8, 4) is 12.1 Å². The van der Waals surface area contributed by atoms with Crippen LogP contribution in [0.3, 0.4) is 0 Å². The first-order valence-corrected chi connectivity index (χ1v) is 23.5. The Labute approximate surface area is 408 Å². The fraction of sp³-hybridized carbons (Fsp3) is 0.462. The van der Waals surface area contributed by atoms with E-state index in [0.717, 1.165) is 35.4 Å². The average molecular weight is 1000 g/mol. The number of nitriles is 2. The van der Waals surface area contributed by atoms with Crippen LogP contribution in [0.25, 0.3) is 0 Å². The molecule has 4 bridgehead atoms. The summed E-state index contributed by atoms with van der Waals surface area (Å²) < 4.78 is 119. The molecule has 8 saturated heterocycles. The number of hydrogen-bond donors (Lipinski definition) is 2. The van der Waals surface area contributed by atoms with Gasteiger partial charge in [0, 0.05) is 48.9 Å². The molecule has 0 unspecified atom stereocenters. The van der Waals surface area contributed by atoms with Crippen LogP contribution in [0.15, 0.2) is 97.1 Å². The van der Waals surface area contributed by atoms with Crippen LogP contribution in [-0.4, -0.2) is 95.5 Å². The molecule has 0 radical (unpaired) electrons. The maximum Gasteiger partial charge on any atom is 0.417 e. The number of halogens is 6. The Hall–Kier alpha value is -5.94. The van der Waals surface area contributed by atoms with Crippen molar-refractivity contribution in [3.63, 3.8) is 0 Å². The average Bonchev–Trinajstić information content (AvgIpc) is 4.15.